The van der Waals surface area contributed by atoms with Gasteiger partial charge in [-0.15, -0.1) is 0 Å². The molecule has 1 heterocycles. The SMILES string of the molecule is CC1C(O)OCC1OC(O)C(O)O. The van der Waals surface area contributed by atoms with Gasteiger partial charge in [-0.3, -0.25) is 0 Å². The lowest BCUT2D eigenvalue weighted by Gasteiger charge is -2.20. The molecule has 6 heteroatoms. The minimum absolute atomic E-state index is 0.131. The van der Waals surface area contributed by atoms with E-state index in [0.717, 1.165) is 0 Å². The third-order valence-corrected chi connectivity index (χ3v) is 2.04. The van der Waals surface area contributed by atoms with Crippen LogP contribution in [0.3, 0.4) is 0 Å². The molecule has 1 aliphatic rings. The number of hydrogen-bond donors (Lipinski definition) is 4. The van der Waals surface area contributed by atoms with Crippen molar-refractivity contribution in [2.45, 2.75) is 31.9 Å². The summed E-state index contributed by atoms with van der Waals surface area (Å²) in [4.78, 5) is 0. The van der Waals surface area contributed by atoms with Gasteiger partial charge in [0.25, 0.3) is 0 Å². The van der Waals surface area contributed by atoms with Crippen LogP contribution < -0.4 is 0 Å². The van der Waals surface area contributed by atoms with Gasteiger partial charge in [-0.1, -0.05) is 6.92 Å². The van der Waals surface area contributed by atoms with Gasteiger partial charge in [0, 0.05) is 5.92 Å². The molecule has 1 rings (SSSR count). The van der Waals surface area contributed by atoms with E-state index in [1.807, 2.05) is 0 Å². The molecule has 1 aliphatic heterocycles. The summed E-state index contributed by atoms with van der Waals surface area (Å²) >= 11 is 0. The fourth-order valence-electron chi connectivity index (χ4n) is 1.09. The molecule has 1 saturated heterocycles. The Morgan fingerprint density at radius 2 is 2.00 bits per heavy atom. The van der Waals surface area contributed by atoms with Gasteiger partial charge in [0.1, 0.15) is 0 Å². The third kappa shape index (κ3) is 2.60. The van der Waals surface area contributed by atoms with Crippen LogP contribution in [0.1, 0.15) is 6.92 Å². The Bertz CT molecular complexity index is 161. The molecule has 0 amide bonds. The first-order valence-corrected chi connectivity index (χ1v) is 4.01. The van der Waals surface area contributed by atoms with Gasteiger partial charge >= 0.3 is 0 Å². The topological polar surface area (TPSA) is 99.4 Å². The molecule has 6 nitrogen and oxygen atoms in total. The Morgan fingerprint density at radius 3 is 2.38 bits per heavy atom. The molecule has 0 saturated carbocycles. The molecule has 0 aromatic heterocycles. The van der Waals surface area contributed by atoms with Crippen LogP contribution >= 0.6 is 0 Å². The highest BCUT2D eigenvalue weighted by Crippen LogP contribution is 2.22. The zero-order valence-electron chi connectivity index (χ0n) is 7.20. The molecular weight excluding hydrogens is 180 g/mol. The Kier molecular flexibility index (Phi) is 3.60. The van der Waals surface area contributed by atoms with E-state index in [2.05, 4.69) is 0 Å². The average molecular weight is 194 g/mol. The van der Waals surface area contributed by atoms with Crippen molar-refractivity contribution in [1.29, 1.82) is 0 Å². The molecule has 0 radical (unpaired) electrons. The second-order valence-corrected chi connectivity index (χ2v) is 3.06. The van der Waals surface area contributed by atoms with Crippen LogP contribution in [0, 0.1) is 5.92 Å². The van der Waals surface area contributed by atoms with Gasteiger partial charge in [-0.05, 0) is 0 Å². The van der Waals surface area contributed by atoms with Crippen molar-refractivity contribution in [2.24, 2.45) is 5.92 Å². The van der Waals surface area contributed by atoms with E-state index in [-0.39, 0.29) is 12.5 Å². The maximum atomic E-state index is 9.11. The standard InChI is InChI=1S/C7H14O6/c1-3-4(2-12-6(3)10)13-7(11)5(8)9/h3-11H,2H2,1H3. The van der Waals surface area contributed by atoms with E-state index in [1.54, 1.807) is 6.92 Å². The van der Waals surface area contributed by atoms with E-state index in [9.17, 15) is 0 Å². The van der Waals surface area contributed by atoms with Gasteiger partial charge in [-0.2, -0.15) is 0 Å². The molecule has 0 spiro atoms. The first-order chi connectivity index (χ1) is 6.02. The molecule has 0 aromatic carbocycles. The summed E-state index contributed by atoms with van der Waals surface area (Å²) in [6, 6.07) is 0. The Labute approximate surface area is 75.3 Å². The van der Waals surface area contributed by atoms with Gasteiger partial charge in [-0.25, -0.2) is 0 Å². The van der Waals surface area contributed by atoms with Crippen LogP contribution in [0.2, 0.25) is 0 Å². The first kappa shape index (κ1) is 10.8. The summed E-state index contributed by atoms with van der Waals surface area (Å²) in [6.45, 7) is 1.81. The van der Waals surface area contributed by atoms with Gasteiger partial charge in [0.2, 0.25) is 12.6 Å². The highest BCUT2D eigenvalue weighted by atomic mass is 16.7. The summed E-state index contributed by atoms with van der Waals surface area (Å²) in [5.74, 6) is -0.298. The summed E-state index contributed by atoms with van der Waals surface area (Å²) in [6.07, 6.45) is -5.05. The Hall–Kier alpha value is -0.240. The number of aliphatic hydroxyl groups is 4. The number of ether oxygens (including phenoxy) is 2. The van der Waals surface area contributed by atoms with E-state index < -0.39 is 25.0 Å². The summed E-state index contributed by atoms with van der Waals surface area (Å²) in [5, 5.41) is 35.1. The van der Waals surface area contributed by atoms with Crippen LogP contribution in [0.4, 0.5) is 0 Å². The lowest BCUT2D eigenvalue weighted by Crippen LogP contribution is -2.35. The lowest BCUT2D eigenvalue weighted by molar-refractivity contribution is -0.251. The largest absolute Gasteiger partial charge is 0.368 e. The van der Waals surface area contributed by atoms with Gasteiger partial charge < -0.3 is 29.9 Å². The fourth-order valence-corrected chi connectivity index (χ4v) is 1.09. The van der Waals surface area contributed by atoms with Crippen LogP contribution in [0.15, 0.2) is 0 Å². The van der Waals surface area contributed by atoms with Crippen LogP contribution in [-0.4, -0.2) is 52.0 Å². The maximum Gasteiger partial charge on any atom is 0.206 e. The van der Waals surface area contributed by atoms with Crippen LogP contribution in [0.25, 0.3) is 0 Å². The molecule has 4 atom stereocenters. The first-order valence-electron chi connectivity index (χ1n) is 4.01. The molecule has 4 N–H and O–H groups in total. The Morgan fingerprint density at radius 1 is 1.38 bits per heavy atom. The van der Waals surface area contributed by atoms with Crippen molar-refractivity contribution >= 4 is 0 Å². The van der Waals surface area contributed by atoms with Crippen molar-refractivity contribution in [3.63, 3.8) is 0 Å². The predicted octanol–water partition coefficient (Wildman–Crippen LogP) is -2.01. The summed E-state index contributed by atoms with van der Waals surface area (Å²) in [7, 11) is 0. The minimum Gasteiger partial charge on any atom is -0.368 e. The molecule has 0 bridgehead atoms. The lowest BCUT2D eigenvalue weighted by atomic mass is 10.1. The van der Waals surface area contributed by atoms with Crippen molar-refractivity contribution in [3.05, 3.63) is 0 Å². The zero-order chi connectivity index (χ0) is 10.0. The van der Waals surface area contributed by atoms with E-state index >= 15 is 0 Å². The average Bonchev–Trinajstić information content (AvgIpc) is 2.36. The van der Waals surface area contributed by atoms with Crippen molar-refractivity contribution in [2.75, 3.05) is 6.61 Å². The molecule has 4 unspecified atom stereocenters. The van der Waals surface area contributed by atoms with Gasteiger partial charge in [0.05, 0.1) is 12.7 Å². The quantitative estimate of drug-likeness (QED) is 0.387. The highest BCUT2D eigenvalue weighted by Gasteiger charge is 2.35. The molecule has 0 aliphatic carbocycles. The van der Waals surface area contributed by atoms with Gasteiger partial charge in [0.15, 0.2) is 6.29 Å². The molecular formula is C7H14O6. The third-order valence-electron chi connectivity index (χ3n) is 2.04. The zero-order valence-corrected chi connectivity index (χ0v) is 7.20. The van der Waals surface area contributed by atoms with Crippen LogP contribution in [-0.2, 0) is 9.47 Å². The summed E-state index contributed by atoms with van der Waals surface area (Å²) in [5.41, 5.74) is 0. The fraction of sp³-hybridized carbons (Fsp3) is 1.00. The number of hydrogen-bond acceptors (Lipinski definition) is 6. The maximum absolute atomic E-state index is 9.11. The van der Waals surface area contributed by atoms with E-state index in [4.69, 9.17) is 29.9 Å². The van der Waals surface area contributed by atoms with Crippen molar-refractivity contribution in [1.82, 2.24) is 0 Å². The van der Waals surface area contributed by atoms with E-state index in [0.29, 0.717) is 0 Å². The second kappa shape index (κ2) is 4.32. The normalized spacial score (nSPS) is 36.9. The predicted molar refractivity (Wildman–Crippen MR) is 40.2 cm³/mol. The molecule has 1 fully saturated rings. The van der Waals surface area contributed by atoms with E-state index in [1.165, 1.54) is 0 Å². The minimum atomic E-state index is -1.94. The number of aliphatic hydroxyl groups excluding tert-OH is 3. The van der Waals surface area contributed by atoms with Crippen molar-refractivity contribution in [3.8, 4) is 0 Å². The highest BCUT2D eigenvalue weighted by molar-refractivity contribution is 4.75. The smallest absolute Gasteiger partial charge is 0.206 e. The second-order valence-electron chi connectivity index (χ2n) is 3.06. The molecule has 13 heavy (non-hydrogen) atoms. The summed E-state index contributed by atoms with van der Waals surface area (Å²) < 4.78 is 9.64. The Balaban J connectivity index is 2.37. The molecule has 78 valence electrons. The monoisotopic (exact) mass is 194 g/mol. The number of rotatable bonds is 3. The van der Waals surface area contributed by atoms with Crippen molar-refractivity contribution < 1.29 is 29.9 Å². The molecule has 0 aromatic rings. The van der Waals surface area contributed by atoms with Crippen LogP contribution in [0.5, 0.6) is 0 Å².